The molecule has 0 aliphatic rings. The average molecular weight is 489 g/mol. The van der Waals surface area contributed by atoms with Gasteiger partial charge in [-0.3, -0.25) is 9.52 Å². The van der Waals surface area contributed by atoms with Gasteiger partial charge in [0.05, 0.1) is 10.6 Å². The fourth-order valence-corrected chi connectivity index (χ4v) is 5.32. The predicted molar refractivity (Wildman–Crippen MR) is 139 cm³/mol. The minimum Gasteiger partial charge on any atom is -0.322 e. The van der Waals surface area contributed by atoms with Crippen LogP contribution in [0, 0.1) is 6.92 Å². The maximum absolute atomic E-state index is 12.7. The fourth-order valence-electron chi connectivity index (χ4n) is 3.29. The van der Waals surface area contributed by atoms with Gasteiger partial charge in [0, 0.05) is 21.9 Å². The van der Waals surface area contributed by atoms with E-state index in [-0.39, 0.29) is 10.8 Å². The molecule has 5 nitrogen and oxygen atoms in total. The summed E-state index contributed by atoms with van der Waals surface area (Å²) in [6, 6.07) is 31.0. The quantitative estimate of drug-likeness (QED) is 0.284. The molecule has 0 fully saturated rings. The third-order valence-corrected chi connectivity index (χ3v) is 7.61. The third kappa shape index (κ3) is 6.07. The molecule has 172 valence electrons. The van der Waals surface area contributed by atoms with Crippen LogP contribution < -0.4 is 10.0 Å². The van der Waals surface area contributed by atoms with E-state index < -0.39 is 10.0 Å². The van der Waals surface area contributed by atoms with Gasteiger partial charge in [0.15, 0.2) is 0 Å². The topological polar surface area (TPSA) is 75.3 Å². The largest absolute Gasteiger partial charge is 0.322 e. The zero-order chi connectivity index (χ0) is 24.0. The van der Waals surface area contributed by atoms with Crippen molar-refractivity contribution in [3.05, 3.63) is 120 Å². The Balaban J connectivity index is 1.38. The van der Waals surface area contributed by atoms with E-state index in [1.165, 1.54) is 17.0 Å². The second-order valence-electron chi connectivity index (χ2n) is 7.70. The molecule has 0 aromatic heterocycles. The number of benzene rings is 4. The first-order valence-electron chi connectivity index (χ1n) is 10.7. The molecule has 0 heterocycles. The summed E-state index contributed by atoms with van der Waals surface area (Å²) in [7, 11) is -3.70. The Morgan fingerprint density at radius 2 is 1.47 bits per heavy atom. The first-order chi connectivity index (χ1) is 16.4. The van der Waals surface area contributed by atoms with Gasteiger partial charge in [-0.05, 0) is 72.6 Å². The Labute approximate surface area is 204 Å². The minimum absolute atomic E-state index is 0.182. The maximum atomic E-state index is 12.7. The van der Waals surface area contributed by atoms with Gasteiger partial charge in [-0.25, -0.2) is 8.42 Å². The summed E-state index contributed by atoms with van der Waals surface area (Å²) in [4.78, 5) is 14.1. The smallest absolute Gasteiger partial charge is 0.261 e. The monoisotopic (exact) mass is 488 g/mol. The van der Waals surface area contributed by atoms with E-state index in [0.29, 0.717) is 22.5 Å². The molecule has 0 aliphatic carbocycles. The lowest BCUT2D eigenvalue weighted by molar-refractivity contribution is 0.102. The summed E-state index contributed by atoms with van der Waals surface area (Å²) >= 11 is 1.76. The second kappa shape index (κ2) is 10.6. The summed E-state index contributed by atoms with van der Waals surface area (Å²) in [5.74, 6) is 0.588. The number of carbonyl (C=O) groups excluding carboxylic acids is 1. The molecule has 0 unspecified atom stereocenters. The van der Waals surface area contributed by atoms with Gasteiger partial charge in [0.25, 0.3) is 15.9 Å². The molecule has 4 aromatic carbocycles. The van der Waals surface area contributed by atoms with Crippen LogP contribution in [0.3, 0.4) is 0 Å². The fraction of sp³-hybridized carbons (Fsp3) is 0.0741. The molecule has 0 aliphatic heterocycles. The number of nitrogens with one attached hydrogen (secondary N) is 2. The molecule has 0 spiro atoms. The van der Waals surface area contributed by atoms with E-state index in [9.17, 15) is 13.2 Å². The third-order valence-electron chi connectivity index (χ3n) is 5.15. The van der Waals surface area contributed by atoms with Crippen LogP contribution in [0.4, 0.5) is 11.4 Å². The van der Waals surface area contributed by atoms with Gasteiger partial charge >= 0.3 is 0 Å². The lowest BCUT2D eigenvalue weighted by Crippen LogP contribution is -2.15. The standard InChI is InChI=1S/C27H24N2O3S2/c1-20-18-22(14-17-26(20)29-34(31,32)25-10-6-3-7-11-25)27(30)28-23-15-12-21(13-16-23)19-33-24-8-4-2-5-9-24/h2-18,29H,19H2,1H3,(H,28,30). The van der Waals surface area contributed by atoms with Gasteiger partial charge in [-0.15, -0.1) is 11.8 Å². The first kappa shape index (κ1) is 23.6. The van der Waals surface area contributed by atoms with E-state index >= 15 is 0 Å². The number of rotatable bonds is 8. The van der Waals surface area contributed by atoms with Crippen LogP contribution in [0.5, 0.6) is 0 Å². The highest BCUT2D eigenvalue weighted by Gasteiger charge is 2.16. The van der Waals surface area contributed by atoms with Crippen molar-refractivity contribution in [3.8, 4) is 0 Å². The van der Waals surface area contributed by atoms with Gasteiger partial charge in [-0.2, -0.15) is 0 Å². The summed E-state index contributed by atoms with van der Waals surface area (Å²) < 4.78 is 27.7. The number of hydrogen-bond acceptors (Lipinski definition) is 4. The molecule has 4 aromatic rings. The SMILES string of the molecule is Cc1cc(C(=O)Nc2ccc(CSc3ccccc3)cc2)ccc1NS(=O)(=O)c1ccccc1. The number of sulfonamides is 1. The van der Waals surface area contributed by atoms with E-state index in [0.717, 1.165) is 11.3 Å². The molecule has 34 heavy (non-hydrogen) atoms. The Bertz CT molecular complexity index is 1370. The van der Waals surface area contributed by atoms with Gasteiger partial charge in [0.2, 0.25) is 0 Å². The second-order valence-corrected chi connectivity index (χ2v) is 10.4. The van der Waals surface area contributed by atoms with Crippen molar-refractivity contribution in [1.29, 1.82) is 0 Å². The Hall–Kier alpha value is -3.55. The number of anilines is 2. The van der Waals surface area contributed by atoms with Crippen LogP contribution >= 0.6 is 11.8 Å². The van der Waals surface area contributed by atoms with E-state index in [2.05, 4.69) is 22.2 Å². The van der Waals surface area contributed by atoms with E-state index in [1.807, 2.05) is 42.5 Å². The molecule has 0 radical (unpaired) electrons. The van der Waals surface area contributed by atoms with E-state index in [4.69, 9.17) is 0 Å². The molecule has 7 heteroatoms. The number of hydrogen-bond donors (Lipinski definition) is 2. The first-order valence-corrected chi connectivity index (χ1v) is 13.1. The molecule has 0 bridgehead atoms. The van der Waals surface area contributed by atoms with Crippen LogP contribution in [0.25, 0.3) is 0 Å². The van der Waals surface area contributed by atoms with Gasteiger partial charge in [-0.1, -0.05) is 48.5 Å². The summed E-state index contributed by atoms with van der Waals surface area (Å²) in [5, 5.41) is 2.90. The Kier molecular flexibility index (Phi) is 7.35. The molecule has 0 saturated carbocycles. The summed E-state index contributed by atoms with van der Waals surface area (Å²) in [6.45, 7) is 1.76. The van der Waals surface area contributed by atoms with Crippen molar-refractivity contribution in [1.82, 2.24) is 0 Å². The lowest BCUT2D eigenvalue weighted by Gasteiger charge is -2.12. The summed E-state index contributed by atoms with van der Waals surface area (Å²) in [5.41, 5.74) is 3.40. The minimum atomic E-state index is -3.70. The molecular formula is C27H24N2O3S2. The number of thioether (sulfide) groups is 1. The lowest BCUT2D eigenvalue weighted by atomic mass is 10.1. The highest BCUT2D eigenvalue weighted by Crippen LogP contribution is 2.24. The van der Waals surface area contributed by atoms with Crippen LogP contribution in [-0.2, 0) is 15.8 Å². The highest BCUT2D eigenvalue weighted by atomic mass is 32.2. The number of carbonyl (C=O) groups is 1. The highest BCUT2D eigenvalue weighted by molar-refractivity contribution is 7.98. The average Bonchev–Trinajstić information content (AvgIpc) is 2.86. The van der Waals surface area contributed by atoms with E-state index in [1.54, 1.807) is 55.1 Å². The zero-order valence-corrected chi connectivity index (χ0v) is 20.2. The summed E-state index contributed by atoms with van der Waals surface area (Å²) in [6.07, 6.45) is 0. The normalized spacial score (nSPS) is 11.1. The predicted octanol–water partition coefficient (Wildman–Crippen LogP) is 6.34. The zero-order valence-electron chi connectivity index (χ0n) is 18.6. The molecule has 2 N–H and O–H groups in total. The molecule has 1 amide bonds. The van der Waals surface area contributed by atoms with Crippen LogP contribution in [-0.4, -0.2) is 14.3 Å². The van der Waals surface area contributed by atoms with Crippen LogP contribution in [0.1, 0.15) is 21.5 Å². The van der Waals surface area contributed by atoms with Crippen molar-refractivity contribution < 1.29 is 13.2 Å². The number of amides is 1. The van der Waals surface area contributed by atoms with Crippen molar-refractivity contribution in [2.45, 2.75) is 22.5 Å². The van der Waals surface area contributed by atoms with Crippen LogP contribution in [0.2, 0.25) is 0 Å². The number of aryl methyl sites for hydroxylation is 1. The molecule has 0 atom stereocenters. The van der Waals surface area contributed by atoms with Crippen LogP contribution in [0.15, 0.2) is 113 Å². The van der Waals surface area contributed by atoms with Crippen molar-refractivity contribution >= 4 is 39.1 Å². The van der Waals surface area contributed by atoms with Crippen molar-refractivity contribution in [2.75, 3.05) is 10.0 Å². The van der Waals surface area contributed by atoms with Gasteiger partial charge < -0.3 is 5.32 Å². The molecule has 0 saturated heterocycles. The Morgan fingerprint density at radius 3 is 2.12 bits per heavy atom. The van der Waals surface area contributed by atoms with Gasteiger partial charge in [0.1, 0.15) is 0 Å². The Morgan fingerprint density at radius 1 is 0.824 bits per heavy atom. The maximum Gasteiger partial charge on any atom is 0.261 e. The van der Waals surface area contributed by atoms with Crippen molar-refractivity contribution in [3.63, 3.8) is 0 Å². The van der Waals surface area contributed by atoms with Crippen molar-refractivity contribution in [2.24, 2.45) is 0 Å². The molecule has 4 rings (SSSR count). The molecular weight excluding hydrogens is 464 g/mol.